The van der Waals surface area contributed by atoms with E-state index in [4.69, 9.17) is 24.2 Å². The average Bonchev–Trinajstić information content (AvgIpc) is 4.20. The number of hydrogen-bond acceptors (Lipinski definition) is 8. The molecule has 0 amide bonds. The number of hydrogen-bond donors (Lipinski definition) is 2. The van der Waals surface area contributed by atoms with E-state index in [9.17, 15) is 14.4 Å². The van der Waals surface area contributed by atoms with Gasteiger partial charge in [-0.3, -0.25) is 0 Å². The first-order chi connectivity index (χ1) is 30.9. The van der Waals surface area contributed by atoms with E-state index in [0.29, 0.717) is 28.0 Å². The zero-order valence-corrected chi connectivity index (χ0v) is 34.3. The molecule has 0 radical (unpaired) electrons. The van der Waals surface area contributed by atoms with E-state index in [1.165, 1.54) is 25.7 Å². The highest BCUT2D eigenvalue weighted by atomic mass is 16.5. The average molecular weight is 828 g/mol. The van der Waals surface area contributed by atoms with E-state index < -0.39 is 17.9 Å². The number of ether oxygens (including phenoxy) is 3. The molecule has 0 aliphatic carbocycles. The van der Waals surface area contributed by atoms with Crippen LogP contribution in [-0.4, -0.2) is 63.6 Å². The normalized spacial score (nSPS) is 11.8. The lowest BCUT2D eigenvalue weighted by Crippen LogP contribution is -2.15. The topological polar surface area (TPSA) is 141 Å². The van der Waals surface area contributed by atoms with Gasteiger partial charge in [0.1, 0.15) is 16.8 Å². The molecule has 0 unspecified atom stereocenters. The smallest absolute Gasteiger partial charge is 0.355 e. The first-order valence-electron chi connectivity index (χ1n) is 20.1. The number of rotatable bonds is 7. The van der Waals surface area contributed by atoms with Gasteiger partial charge in [0.25, 0.3) is 0 Å². The first kappa shape index (κ1) is 38.6. The van der Waals surface area contributed by atoms with Crippen molar-refractivity contribution >= 4 is 69.8 Å². The Morgan fingerprint density at radius 2 is 0.810 bits per heavy atom. The van der Waals surface area contributed by atoms with Crippen molar-refractivity contribution in [3.05, 3.63) is 173 Å². The zero-order chi connectivity index (χ0) is 43.2. The summed E-state index contributed by atoms with van der Waals surface area (Å²) in [7, 11) is 3.59. The number of benzene rings is 3. The molecule has 10 rings (SSSR count). The van der Waals surface area contributed by atoms with Crippen molar-refractivity contribution < 1.29 is 28.6 Å². The van der Waals surface area contributed by atoms with Crippen molar-refractivity contribution in [3.8, 4) is 44.5 Å². The number of pyridine rings is 1. The molecule has 2 aliphatic heterocycles. The van der Waals surface area contributed by atoms with Crippen LogP contribution >= 0.6 is 0 Å². The van der Waals surface area contributed by atoms with Crippen molar-refractivity contribution in [3.63, 3.8) is 0 Å². The molecule has 5 aromatic heterocycles. The van der Waals surface area contributed by atoms with E-state index in [1.807, 2.05) is 85.0 Å². The van der Waals surface area contributed by atoms with Gasteiger partial charge in [0.2, 0.25) is 0 Å². The van der Waals surface area contributed by atoms with Crippen LogP contribution in [0.5, 0.6) is 0 Å². The minimum Gasteiger partial charge on any atom is -0.465 e. The van der Waals surface area contributed by atoms with Crippen LogP contribution < -0.4 is 0 Å². The van der Waals surface area contributed by atoms with Crippen molar-refractivity contribution in [1.82, 2.24) is 24.3 Å². The van der Waals surface area contributed by atoms with Gasteiger partial charge in [0.15, 0.2) is 0 Å². The lowest BCUT2D eigenvalue weighted by Gasteiger charge is -2.08. The number of aromatic amines is 2. The van der Waals surface area contributed by atoms with Gasteiger partial charge in [-0.15, -0.1) is 0 Å². The minimum atomic E-state index is -0.895. The SMILES string of the molecule is COC(=O)c1c(C(=O)OC)c2cc(-c3c4nc(c(-c5ccccc5)c5ccc([nH]5)c(-c5ccccc5)c5nc(c(-c6ccccc6)c6ccc3[nH]6)C=C5)C=C4)ccn2c1C(=O)OC. The molecule has 2 N–H and O–H groups in total. The lowest BCUT2D eigenvalue weighted by atomic mass is 10.0. The van der Waals surface area contributed by atoms with E-state index in [0.717, 1.165) is 61.3 Å². The quantitative estimate of drug-likeness (QED) is 0.119. The molecular formula is C52H37N5O6. The molecule has 8 aromatic rings. The Morgan fingerprint density at radius 3 is 1.19 bits per heavy atom. The van der Waals surface area contributed by atoms with Gasteiger partial charge in [-0.05, 0) is 83.0 Å². The van der Waals surface area contributed by atoms with Gasteiger partial charge in [-0.25, -0.2) is 24.4 Å². The van der Waals surface area contributed by atoms with Crippen LogP contribution in [0.2, 0.25) is 0 Å². The van der Waals surface area contributed by atoms with Gasteiger partial charge in [0.05, 0.1) is 49.6 Å². The monoisotopic (exact) mass is 827 g/mol. The molecule has 8 bridgehead atoms. The molecule has 2 aliphatic rings. The minimum absolute atomic E-state index is 0.143. The van der Waals surface area contributed by atoms with Crippen LogP contribution in [0.3, 0.4) is 0 Å². The molecule has 7 heterocycles. The Morgan fingerprint density at radius 1 is 0.444 bits per heavy atom. The Balaban J connectivity index is 1.37. The van der Waals surface area contributed by atoms with E-state index in [1.54, 1.807) is 18.3 Å². The molecule has 0 atom stereocenters. The third kappa shape index (κ3) is 6.59. The molecule has 0 spiro atoms. The molecule has 0 saturated heterocycles. The number of carbonyl (C=O) groups excluding carboxylic acids is 3. The Hall–Kier alpha value is -8.57. The second-order valence-electron chi connectivity index (χ2n) is 14.8. The molecule has 0 fully saturated rings. The molecule has 63 heavy (non-hydrogen) atoms. The molecule has 3 aromatic carbocycles. The fourth-order valence-electron chi connectivity index (χ4n) is 8.55. The van der Waals surface area contributed by atoms with Crippen molar-refractivity contribution in [2.24, 2.45) is 0 Å². The first-order valence-corrected chi connectivity index (χ1v) is 20.1. The zero-order valence-electron chi connectivity index (χ0n) is 34.3. The Bertz CT molecular complexity index is 3360. The van der Waals surface area contributed by atoms with Gasteiger partial charge in [-0.1, -0.05) is 91.0 Å². The van der Waals surface area contributed by atoms with E-state index in [2.05, 4.69) is 64.6 Å². The van der Waals surface area contributed by atoms with Gasteiger partial charge >= 0.3 is 17.9 Å². The molecule has 11 nitrogen and oxygen atoms in total. The van der Waals surface area contributed by atoms with Crippen LogP contribution in [0.4, 0.5) is 0 Å². The number of carbonyl (C=O) groups is 3. The Labute approximate surface area is 360 Å². The second-order valence-corrected chi connectivity index (χ2v) is 14.8. The third-order valence-corrected chi connectivity index (χ3v) is 11.3. The molecule has 306 valence electrons. The highest BCUT2D eigenvalue weighted by molar-refractivity contribution is 6.15. The summed E-state index contributed by atoms with van der Waals surface area (Å²) in [5, 5.41) is 0. The van der Waals surface area contributed by atoms with Gasteiger partial charge in [-0.2, -0.15) is 0 Å². The van der Waals surface area contributed by atoms with Crippen molar-refractivity contribution in [2.45, 2.75) is 0 Å². The lowest BCUT2D eigenvalue weighted by molar-refractivity contribution is 0.0536. The summed E-state index contributed by atoms with van der Waals surface area (Å²) in [6.45, 7) is 0. The fraction of sp³-hybridized carbons (Fsp3) is 0.0577. The van der Waals surface area contributed by atoms with Gasteiger partial charge in [0, 0.05) is 50.5 Å². The second kappa shape index (κ2) is 15.8. The highest BCUT2D eigenvalue weighted by Crippen LogP contribution is 2.39. The standard InChI is InChI=1S/C52H37N5O6/c1-61-50(58)47-42-29-33(27-28-57(42)49(52(60)63-3)48(47)51(59)62-2)46-40-25-23-38(55-40)44(31-15-9-5-10-16-31)36-21-19-34(53-36)43(30-13-7-4-8-14-30)35-20-22-37(54-35)45(32-17-11-6-12-18-32)39-24-26-41(46)56-39/h4-29,53,56H,1-3H3. The van der Waals surface area contributed by atoms with Crippen LogP contribution in [0.1, 0.15) is 54.0 Å². The van der Waals surface area contributed by atoms with Crippen LogP contribution in [0.25, 0.3) is 96.4 Å². The molecule has 0 saturated carbocycles. The summed E-state index contributed by atoms with van der Waals surface area (Å²) in [6, 6.07) is 42.2. The summed E-state index contributed by atoms with van der Waals surface area (Å²) in [5.41, 5.74) is 12.8. The summed E-state index contributed by atoms with van der Waals surface area (Å²) in [4.78, 5) is 58.4. The molecular weight excluding hydrogens is 791 g/mol. The Kier molecular flexibility index (Phi) is 9.68. The largest absolute Gasteiger partial charge is 0.465 e. The summed E-state index contributed by atoms with van der Waals surface area (Å²) < 4.78 is 16.8. The number of fused-ring (bicyclic) bond motifs is 9. The number of methoxy groups -OCH3 is 3. The predicted octanol–water partition coefficient (Wildman–Crippen LogP) is 10.9. The predicted molar refractivity (Wildman–Crippen MR) is 246 cm³/mol. The summed E-state index contributed by atoms with van der Waals surface area (Å²) >= 11 is 0. The van der Waals surface area contributed by atoms with Crippen LogP contribution in [0, 0.1) is 0 Å². The highest BCUT2D eigenvalue weighted by Gasteiger charge is 2.34. The van der Waals surface area contributed by atoms with Gasteiger partial charge < -0.3 is 28.6 Å². The number of esters is 3. The number of H-pyrrole nitrogens is 2. The van der Waals surface area contributed by atoms with Crippen molar-refractivity contribution in [2.75, 3.05) is 21.3 Å². The van der Waals surface area contributed by atoms with E-state index >= 15 is 0 Å². The fourth-order valence-corrected chi connectivity index (χ4v) is 8.55. The van der Waals surface area contributed by atoms with Crippen LogP contribution in [-0.2, 0) is 14.2 Å². The number of aromatic nitrogens is 5. The van der Waals surface area contributed by atoms with Crippen molar-refractivity contribution in [1.29, 1.82) is 0 Å². The number of nitrogens with one attached hydrogen (secondary N) is 2. The maximum absolute atomic E-state index is 13.6. The van der Waals surface area contributed by atoms with Crippen LogP contribution in [0.15, 0.2) is 134 Å². The summed E-state index contributed by atoms with van der Waals surface area (Å²) in [6.07, 6.45) is 9.69. The third-order valence-electron chi connectivity index (χ3n) is 11.3. The maximum Gasteiger partial charge on any atom is 0.355 e. The number of nitrogens with zero attached hydrogens (tertiary/aromatic N) is 3. The van der Waals surface area contributed by atoms with E-state index in [-0.39, 0.29) is 22.3 Å². The molecule has 11 heteroatoms. The maximum atomic E-state index is 13.6. The summed E-state index contributed by atoms with van der Waals surface area (Å²) in [5.74, 6) is -2.56.